The van der Waals surface area contributed by atoms with E-state index in [1.165, 1.54) is 6.42 Å². The zero-order valence-corrected chi connectivity index (χ0v) is 11.0. The van der Waals surface area contributed by atoms with Crippen molar-refractivity contribution in [2.24, 2.45) is 11.3 Å². The lowest BCUT2D eigenvalue weighted by Crippen LogP contribution is -2.46. The predicted octanol–water partition coefficient (Wildman–Crippen LogP) is 2.61. The van der Waals surface area contributed by atoms with E-state index in [9.17, 15) is 4.79 Å². The van der Waals surface area contributed by atoms with Crippen molar-refractivity contribution in [2.45, 2.75) is 53.0 Å². The Labute approximate surface area is 98.8 Å². The second-order valence-electron chi connectivity index (χ2n) is 5.88. The van der Waals surface area contributed by atoms with E-state index in [0.717, 1.165) is 25.9 Å². The molecule has 0 bridgehead atoms. The van der Waals surface area contributed by atoms with Crippen LogP contribution in [0.3, 0.4) is 0 Å². The third kappa shape index (κ3) is 3.21. The fourth-order valence-corrected chi connectivity index (χ4v) is 2.50. The van der Waals surface area contributed by atoms with Gasteiger partial charge >= 0.3 is 5.97 Å². The molecule has 0 aliphatic carbocycles. The molecule has 3 heteroatoms. The predicted molar refractivity (Wildman–Crippen MR) is 65.5 cm³/mol. The SMILES string of the molecule is CC(C)CC(C)N1CCC(C)(C(=O)O)CC1. The Bertz CT molecular complexity index is 242. The van der Waals surface area contributed by atoms with Crippen molar-refractivity contribution in [3.63, 3.8) is 0 Å². The average Bonchev–Trinajstić information content (AvgIpc) is 2.17. The number of carbonyl (C=O) groups is 1. The number of piperidine rings is 1. The molecule has 0 spiro atoms. The van der Waals surface area contributed by atoms with Crippen LogP contribution in [0.1, 0.15) is 47.0 Å². The van der Waals surface area contributed by atoms with E-state index < -0.39 is 11.4 Å². The van der Waals surface area contributed by atoms with Gasteiger partial charge in [0.2, 0.25) is 0 Å². The van der Waals surface area contributed by atoms with Gasteiger partial charge in [0.1, 0.15) is 0 Å². The Morgan fingerprint density at radius 3 is 2.19 bits per heavy atom. The lowest BCUT2D eigenvalue weighted by Gasteiger charge is -2.40. The number of hydrogen-bond donors (Lipinski definition) is 1. The monoisotopic (exact) mass is 227 g/mol. The molecule has 1 N–H and O–H groups in total. The first-order valence-electron chi connectivity index (χ1n) is 6.32. The summed E-state index contributed by atoms with van der Waals surface area (Å²) in [5.74, 6) is 0.0754. The summed E-state index contributed by atoms with van der Waals surface area (Å²) in [4.78, 5) is 13.5. The van der Waals surface area contributed by atoms with Crippen LogP contribution in [0.15, 0.2) is 0 Å². The molecule has 0 aromatic carbocycles. The summed E-state index contributed by atoms with van der Waals surface area (Å²) in [7, 11) is 0. The molecular formula is C13H25NO2. The molecule has 1 saturated heterocycles. The highest BCUT2D eigenvalue weighted by molar-refractivity contribution is 5.74. The normalized spacial score (nSPS) is 23.3. The number of carboxylic acid groups (broad SMARTS) is 1. The van der Waals surface area contributed by atoms with Crippen LogP contribution in [0.4, 0.5) is 0 Å². The van der Waals surface area contributed by atoms with Crippen molar-refractivity contribution in [3.05, 3.63) is 0 Å². The summed E-state index contributed by atoms with van der Waals surface area (Å²) >= 11 is 0. The number of hydrogen-bond acceptors (Lipinski definition) is 2. The van der Waals surface area contributed by atoms with Crippen molar-refractivity contribution in [1.82, 2.24) is 4.90 Å². The van der Waals surface area contributed by atoms with Gasteiger partial charge in [0.15, 0.2) is 0 Å². The molecule has 1 fully saturated rings. The van der Waals surface area contributed by atoms with Gasteiger partial charge in [-0.25, -0.2) is 0 Å². The lowest BCUT2D eigenvalue weighted by molar-refractivity contribution is -0.151. The van der Waals surface area contributed by atoms with Crippen LogP contribution >= 0.6 is 0 Å². The van der Waals surface area contributed by atoms with Gasteiger partial charge in [-0.1, -0.05) is 13.8 Å². The van der Waals surface area contributed by atoms with E-state index in [2.05, 4.69) is 25.7 Å². The fourth-order valence-electron chi connectivity index (χ4n) is 2.50. The molecule has 0 amide bonds. The first-order chi connectivity index (χ1) is 7.35. The van der Waals surface area contributed by atoms with Crippen molar-refractivity contribution in [3.8, 4) is 0 Å². The van der Waals surface area contributed by atoms with E-state index >= 15 is 0 Å². The fraction of sp³-hybridized carbons (Fsp3) is 0.923. The standard InChI is InChI=1S/C13H25NO2/c1-10(2)9-11(3)14-7-5-13(4,6-8-14)12(15)16/h10-11H,5-9H2,1-4H3,(H,15,16). The molecule has 0 radical (unpaired) electrons. The van der Waals surface area contributed by atoms with Gasteiger partial charge in [-0.15, -0.1) is 0 Å². The highest BCUT2D eigenvalue weighted by Crippen LogP contribution is 2.32. The molecule has 0 aromatic heterocycles. The smallest absolute Gasteiger partial charge is 0.309 e. The molecule has 1 atom stereocenters. The van der Waals surface area contributed by atoms with Crippen molar-refractivity contribution >= 4 is 5.97 Å². The number of carboxylic acids is 1. The highest BCUT2D eigenvalue weighted by Gasteiger charge is 2.37. The molecule has 0 saturated carbocycles. The molecule has 1 rings (SSSR count). The summed E-state index contributed by atoms with van der Waals surface area (Å²) in [6.45, 7) is 10.5. The first-order valence-corrected chi connectivity index (χ1v) is 6.32. The quantitative estimate of drug-likeness (QED) is 0.802. The summed E-state index contributed by atoms with van der Waals surface area (Å²) in [6, 6.07) is 0.582. The van der Waals surface area contributed by atoms with E-state index in [4.69, 9.17) is 5.11 Å². The van der Waals surface area contributed by atoms with Gasteiger partial charge in [0.25, 0.3) is 0 Å². The molecule has 1 unspecified atom stereocenters. The van der Waals surface area contributed by atoms with E-state index in [-0.39, 0.29) is 0 Å². The van der Waals surface area contributed by atoms with E-state index in [0.29, 0.717) is 12.0 Å². The molecular weight excluding hydrogens is 202 g/mol. The van der Waals surface area contributed by atoms with E-state index in [1.807, 2.05) is 6.92 Å². The minimum absolute atomic E-state index is 0.492. The average molecular weight is 227 g/mol. The van der Waals surface area contributed by atoms with Crippen molar-refractivity contribution < 1.29 is 9.90 Å². The molecule has 1 aliphatic heterocycles. The number of aliphatic carboxylic acids is 1. The molecule has 3 nitrogen and oxygen atoms in total. The second kappa shape index (κ2) is 5.17. The molecule has 16 heavy (non-hydrogen) atoms. The second-order valence-corrected chi connectivity index (χ2v) is 5.88. The Kier molecular flexibility index (Phi) is 4.36. The van der Waals surface area contributed by atoms with Crippen LogP contribution < -0.4 is 0 Å². The Hall–Kier alpha value is -0.570. The lowest BCUT2D eigenvalue weighted by atomic mass is 9.80. The summed E-state index contributed by atoms with van der Waals surface area (Å²) in [6.07, 6.45) is 2.76. The number of rotatable bonds is 4. The highest BCUT2D eigenvalue weighted by atomic mass is 16.4. The Morgan fingerprint density at radius 2 is 1.81 bits per heavy atom. The topological polar surface area (TPSA) is 40.5 Å². The molecule has 1 aliphatic rings. The van der Waals surface area contributed by atoms with Crippen LogP contribution in [0.2, 0.25) is 0 Å². The third-order valence-corrected chi connectivity index (χ3v) is 3.85. The third-order valence-electron chi connectivity index (χ3n) is 3.85. The maximum atomic E-state index is 11.1. The largest absolute Gasteiger partial charge is 0.481 e. The zero-order valence-electron chi connectivity index (χ0n) is 11.0. The Morgan fingerprint density at radius 1 is 1.31 bits per heavy atom. The van der Waals surface area contributed by atoms with Crippen LogP contribution in [-0.2, 0) is 4.79 Å². The maximum absolute atomic E-state index is 11.1. The number of likely N-dealkylation sites (tertiary alicyclic amines) is 1. The summed E-state index contributed by atoms with van der Waals surface area (Å²) in [5.41, 5.74) is -0.492. The minimum Gasteiger partial charge on any atom is -0.481 e. The Balaban J connectivity index is 2.45. The molecule has 1 heterocycles. The van der Waals surface area contributed by atoms with E-state index in [1.54, 1.807) is 0 Å². The first kappa shape index (κ1) is 13.5. The van der Waals surface area contributed by atoms with Gasteiger partial charge in [-0.05, 0) is 52.1 Å². The zero-order chi connectivity index (χ0) is 12.3. The maximum Gasteiger partial charge on any atom is 0.309 e. The van der Waals surface area contributed by atoms with Gasteiger partial charge < -0.3 is 10.0 Å². The van der Waals surface area contributed by atoms with Crippen LogP contribution in [0.5, 0.6) is 0 Å². The van der Waals surface area contributed by atoms with Crippen molar-refractivity contribution in [2.75, 3.05) is 13.1 Å². The summed E-state index contributed by atoms with van der Waals surface area (Å²) < 4.78 is 0. The van der Waals surface area contributed by atoms with Crippen LogP contribution in [0.25, 0.3) is 0 Å². The van der Waals surface area contributed by atoms with Crippen LogP contribution in [-0.4, -0.2) is 35.1 Å². The van der Waals surface area contributed by atoms with Crippen molar-refractivity contribution in [1.29, 1.82) is 0 Å². The molecule has 0 aromatic rings. The molecule has 94 valence electrons. The number of nitrogens with zero attached hydrogens (tertiary/aromatic N) is 1. The van der Waals surface area contributed by atoms with Gasteiger partial charge in [0, 0.05) is 6.04 Å². The van der Waals surface area contributed by atoms with Gasteiger partial charge in [0.05, 0.1) is 5.41 Å². The van der Waals surface area contributed by atoms with Gasteiger partial charge in [-0.2, -0.15) is 0 Å². The van der Waals surface area contributed by atoms with Gasteiger partial charge in [-0.3, -0.25) is 4.79 Å². The minimum atomic E-state index is -0.635. The summed E-state index contributed by atoms with van der Waals surface area (Å²) in [5, 5.41) is 9.15. The van der Waals surface area contributed by atoms with Crippen LogP contribution in [0, 0.1) is 11.3 Å².